The number of allylic oxidation sites excluding steroid dienone is 1. The molecular formula is C9H10MgO. The largest absolute Gasteiger partial charge is 0.465 e. The van der Waals surface area contributed by atoms with Crippen molar-refractivity contribution in [2.24, 2.45) is 0 Å². The summed E-state index contributed by atoms with van der Waals surface area (Å²) >= 11 is 0. The van der Waals surface area contributed by atoms with Crippen molar-refractivity contribution in [2.45, 2.75) is 6.42 Å². The summed E-state index contributed by atoms with van der Waals surface area (Å²) in [6.45, 7) is 0. The number of fused-ring (bicyclic) bond motifs is 1. The van der Waals surface area contributed by atoms with E-state index in [0.717, 1.165) is 12.2 Å². The highest BCUT2D eigenvalue weighted by Crippen LogP contribution is 2.21. The molecule has 0 saturated carbocycles. The second kappa shape index (κ2) is 3.79. The molecule has 54 valence electrons. The Balaban J connectivity index is 0.000000605. The van der Waals surface area contributed by atoms with E-state index < -0.39 is 0 Å². The standard InChI is InChI=1S/C9H8O.Mg.2H/c1-2-6-9-8(4-1)5-3-7-10-9;;;/h1-4,6-7H,5H2;;;. The summed E-state index contributed by atoms with van der Waals surface area (Å²) in [5, 5.41) is 0. The van der Waals surface area contributed by atoms with Gasteiger partial charge in [-0.1, -0.05) is 18.2 Å². The van der Waals surface area contributed by atoms with Crippen LogP contribution in [0.4, 0.5) is 0 Å². The molecule has 1 aromatic rings. The van der Waals surface area contributed by atoms with Gasteiger partial charge in [-0.05, 0) is 24.1 Å². The molecule has 2 heteroatoms. The fourth-order valence-corrected chi connectivity index (χ4v) is 1.08. The van der Waals surface area contributed by atoms with Crippen LogP contribution in [0.1, 0.15) is 5.56 Å². The SMILES string of the molecule is C1=COc2ccccc2C1.[MgH2]. The van der Waals surface area contributed by atoms with Crippen molar-refractivity contribution in [3.63, 3.8) is 0 Å². The second-order valence-electron chi connectivity index (χ2n) is 2.30. The van der Waals surface area contributed by atoms with Gasteiger partial charge >= 0.3 is 23.1 Å². The first-order valence-electron chi connectivity index (χ1n) is 3.36. The summed E-state index contributed by atoms with van der Waals surface area (Å²) in [7, 11) is 0. The van der Waals surface area contributed by atoms with E-state index in [4.69, 9.17) is 4.74 Å². The van der Waals surface area contributed by atoms with Crippen LogP contribution in [0.2, 0.25) is 0 Å². The van der Waals surface area contributed by atoms with E-state index in [2.05, 4.69) is 6.07 Å². The average molecular weight is 158 g/mol. The molecule has 0 radical (unpaired) electrons. The second-order valence-corrected chi connectivity index (χ2v) is 2.30. The molecule has 0 aliphatic carbocycles. The third kappa shape index (κ3) is 1.76. The lowest BCUT2D eigenvalue weighted by molar-refractivity contribution is 0.464. The number of hydrogen-bond donors (Lipinski definition) is 0. The highest BCUT2D eigenvalue weighted by molar-refractivity contribution is 5.75. The van der Waals surface area contributed by atoms with Gasteiger partial charge in [-0.15, -0.1) is 0 Å². The maximum atomic E-state index is 5.24. The highest BCUT2D eigenvalue weighted by Gasteiger charge is 2.02. The quantitative estimate of drug-likeness (QED) is 0.516. The molecule has 2 rings (SSSR count). The van der Waals surface area contributed by atoms with Crippen molar-refractivity contribution in [3.05, 3.63) is 42.2 Å². The van der Waals surface area contributed by atoms with E-state index in [9.17, 15) is 0 Å². The average Bonchev–Trinajstić information content (AvgIpc) is 2.05. The van der Waals surface area contributed by atoms with Crippen LogP contribution in [0.25, 0.3) is 0 Å². The molecule has 1 heterocycles. The van der Waals surface area contributed by atoms with Gasteiger partial charge < -0.3 is 4.74 Å². The molecule has 0 unspecified atom stereocenters. The third-order valence-corrected chi connectivity index (χ3v) is 1.60. The Kier molecular flexibility index (Phi) is 2.97. The Morgan fingerprint density at radius 3 is 2.82 bits per heavy atom. The number of para-hydroxylation sites is 1. The third-order valence-electron chi connectivity index (χ3n) is 1.60. The van der Waals surface area contributed by atoms with Crippen molar-refractivity contribution in [2.75, 3.05) is 0 Å². The summed E-state index contributed by atoms with van der Waals surface area (Å²) in [6.07, 6.45) is 4.75. The van der Waals surface area contributed by atoms with E-state index in [0.29, 0.717) is 0 Å². The van der Waals surface area contributed by atoms with Gasteiger partial charge in [0.05, 0.1) is 6.26 Å². The first kappa shape index (κ1) is 8.62. The summed E-state index contributed by atoms with van der Waals surface area (Å²) in [5.74, 6) is 0.991. The van der Waals surface area contributed by atoms with Gasteiger partial charge in [-0.2, -0.15) is 0 Å². The topological polar surface area (TPSA) is 9.23 Å². The summed E-state index contributed by atoms with van der Waals surface area (Å²) in [5.41, 5.74) is 1.27. The number of rotatable bonds is 0. The van der Waals surface area contributed by atoms with Crippen LogP contribution in [-0.2, 0) is 6.42 Å². The van der Waals surface area contributed by atoms with Gasteiger partial charge in [0.25, 0.3) is 0 Å². The van der Waals surface area contributed by atoms with Crippen LogP contribution < -0.4 is 4.74 Å². The fourth-order valence-electron chi connectivity index (χ4n) is 1.08. The van der Waals surface area contributed by atoms with Gasteiger partial charge in [0.1, 0.15) is 5.75 Å². The highest BCUT2D eigenvalue weighted by atomic mass is 24.3. The predicted molar refractivity (Wildman–Crippen MR) is 48.5 cm³/mol. The first-order valence-corrected chi connectivity index (χ1v) is 3.36. The Hall–Kier alpha value is -0.474. The van der Waals surface area contributed by atoms with Crippen molar-refractivity contribution < 1.29 is 4.74 Å². The minimum atomic E-state index is 0. The van der Waals surface area contributed by atoms with Crippen LogP contribution in [0.5, 0.6) is 5.75 Å². The van der Waals surface area contributed by atoms with Crippen LogP contribution in [0.15, 0.2) is 36.6 Å². The molecule has 0 fully saturated rings. The zero-order chi connectivity index (χ0) is 6.81. The predicted octanol–water partition coefficient (Wildman–Crippen LogP) is 1.22. The lowest BCUT2D eigenvalue weighted by Crippen LogP contribution is -1.94. The molecule has 0 spiro atoms. The molecule has 0 N–H and O–H groups in total. The summed E-state index contributed by atoms with van der Waals surface area (Å²) < 4.78 is 5.24. The number of ether oxygens (including phenoxy) is 1. The van der Waals surface area contributed by atoms with E-state index in [1.165, 1.54) is 5.56 Å². The van der Waals surface area contributed by atoms with E-state index in [-0.39, 0.29) is 23.1 Å². The van der Waals surface area contributed by atoms with Gasteiger partial charge in [-0.25, -0.2) is 0 Å². The molecule has 0 aromatic heterocycles. The molecule has 0 atom stereocenters. The normalized spacial score (nSPS) is 12.7. The molecular weight excluding hydrogens is 148 g/mol. The van der Waals surface area contributed by atoms with Crippen LogP contribution in [0, 0.1) is 0 Å². The van der Waals surface area contributed by atoms with Gasteiger partial charge in [-0.3, -0.25) is 0 Å². The lowest BCUT2D eigenvalue weighted by atomic mass is 10.1. The van der Waals surface area contributed by atoms with Crippen LogP contribution >= 0.6 is 0 Å². The minimum Gasteiger partial charge on any atom is -0.465 e. The van der Waals surface area contributed by atoms with Gasteiger partial charge in [0.2, 0.25) is 0 Å². The molecule has 1 nitrogen and oxygen atoms in total. The molecule has 0 amide bonds. The van der Waals surface area contributed by atoms with Crippen molar-refractivity contribution in [1.29, 1.82) is 0 Å². The molecule has 0 saturated heterocycles. The molecule has 0 bridgehead atoms. The molecule has 1 aliphatic rings. The van der Waals surface area contributed by atoms with E-state index in [1.54, 1.807) is 6.26 Å². The first-order chi connectivity index (χ1) is 4.97. The van der Waals surface area contributed by atoms with Crippen molar-refractivity contribution in [1.82, 2.24) is 0 Å². The zero-order valence-corrected chi connectivity index (χ0v) is 5.58. The molecule has 1 aromatic carbocycles. The summed E-state index contributed by atoms with van der Waals surface area (Å²) in [6, 6.07) is 8.08. The fraction of sp³-hybridized carbons (Fsp3) is 0.111. The Morgan fingerprint density at radius 2 is 2.00 bits per heavy atom. The van der Waals surface area contributed by atoms with Crippen LogP contribution in [0.3, 0.4) is 0 Å². The van der Waals surface area contributed by atoms with Gasteiger partial charge in [0, 0.05) is 0 Å². The Bertz CT molecular complexity index is 241. The maximum Gasteiger partial charge on any atom is 0.316 e. The number of hydrogen-bond acceptors (Lipinski definition) is 1. The smallest absolute Gasteiger partial charge is 0.316 e. The molecule has 1 aliphatic heterocycles. The summed E-state index contributed by atoms with van der Waals surface area (Å²) in [4.78, 5) is 0. The van der Waals surface area contributed by atoms with Gasteiger partial charge in [0.15, 0.2) is 0 Å². The van der Waals surface area contributed by atoms with Crippen molar-refractivity contribution in [3.8, 4) is 5.75 Å². The lowest BCUT2D eigenvalue weighted by Gasteiger charge is -2.09. The Morgan fingerprint density at radius 1 is 1.18 bits per heavy atom. The van der Waals surface area contributed by atoms with E-state index in [1.807, 2.05) is 24.3 Å². The van der Waals surface area contributed by atoms with Crippen LogP contribution in [-0.4, -0.2) is 23.1 Å². The van der Waals surface area contributed by atoms with E-state index >= 15 is 0 Å². The van der Waals surface area contributed by atoms with Crippen molar-refractivity contribution >= 4 is 23.1 Å². The zero-order valence-electron chi connectivity index (χ0n) is 5.58. The Labute approximate surface area is 82.2 Å². The monoisotopic (exact) mass is 158 g/mol. The maximum absolute atomic E-state index is 5.24. The molecule has 11 heavy (non-hydrogen) atoms. The number of benzene rings is 1. The minimum absolute atomic E-state index is 0.